The molecule has 22 heteroatoms. The van der Waals surface area contributed by atoms with Gasteiger partial charge in [-0.3, -0.25) is 33.7 Å². The van der Waals surface area contributed by atoms with E-state index in [4.69, 9.17) is 29.9 Å². The summed E-state index contributed by atoms with van der Waals surface area (Å²) in [5, 5.41) is 34.2. The minimum Gasteiger partial charge on any atom is -0.481 e. The van der Waals surface area contributed by atoms with Gasteiger partial charge in [-0.1, -0.05) is 0 Å². The number of nitrogens with one attached hydrogen (secondary N) is 4. The Kier molecular flexibility index (Phi) is 12.0. The summed E-state index contributed by atoms with van der Waals surface area (Å²) in [6, 6.07) is 4.24. The average molecular weight is 749 g/mol. The zero-order chi connectivity index (χ0) is 37.7. The number of carboxylic acid groups (broad SMARTS) is 2. The normalized spacial score (nSPS) is 20.3. The summed E-state index contributed by atoms with van der Waals surface area (Å²) in [5.41, 5.74) is 5.03. The first-order chi connectivity index (χ1) is 24.7. The van der Waals surface area contributed by atoms with Crippen molar-refractivity contribution in [1.82, 2.24) is 24.8 Å². The molecule has 2 unspecified atom stereocenters. The number of carboxylic acids is 2. The third-order valence-corrected chi connectivity index (χ3v) is 9.00. The molecule has 1 saturated heterocycles. The number of anilines is 3. The van der Waals surface area contributed by atoms with Gasteiger partial charge in [0, 0.05) is 42.9 Å². The minimum absolute atomic E-state index is 0.0680. The smallest absolute Gasteiger partial charge is 0.330 e. The lowest BCUT2D eigenvalue weighted by Crippen LogP contribution is -2.47. The van der Waals surface area contributed by atoms with Crippen LogP contribution in [0, 0.1) is 0 Å². The van der Waals surface area contributed by atoms with Gasteiger partial charge >= 0.3 is 26.2 Å². The number of aromatic nitrogens is 4. The molecule has 0 radical (unpaired) electrons. The highest BCUT2D eigenvalue weighted by Crippen LogP contribution is 2.32. The molecule has 52 heavy (non-hydrogen) atoms. The second-order valence-electron chi connectivity index (χ2n) is 12.1. The first kappa shape index (κ1) is 38.1. The molecule has 21 nitrogen and oxygen atoms in total. The van der Waals surface area contributed by atoms with Gasteiger partial charge < -0.3 is 55.6 Å². The number of aromatic amines is 2. The molecule has 5 rings (SSSR count). The molecule has 5 atom stereocenters. The van der Waals surface area contributed by atoms with Gasteiger partial charge in [0.25, 0.3) is 17.0 Å². The van der Waals surface area contributed by atoms with Gasteiger partial charge in [-0.25, -0.2) is 14.6 Å². The Morgan fingerprint density at radius 3 is 2.52 bits per heavy atom. The van der Waals surface area contributed by atoms with E-state index in [0.29, 0.717) is 24.2 Å². The van der Waals surface area contributed by atoms with Gasteiger partial charge in [0.15, 0.2) is 0 Å². The Labute approximate surface area is 294 Å². The van der Waals surface area contributed by atoms with Crippen molar-refractivity contribution in [3.8, 4) is 0 Å². The number of aliphatic carboxylic acids is 2. The van der Waals surface area contributed by atoms with Gasteiger partial charge in [-0.05, 0) is 43.5 Å². The lowest BCUT2D eigenvalue weighted by molar-refractivity contribution is -0.140. The number of H-pyrrole nitrogens is 2. The summed E-state index contributed by atoms with van der Waals surface area (Å²) in [4.78, 5) is 103. The van der Waals surface area contributed by atoms with E-state index < -0.39 is 80.2 Å². The lowest BCUT2D eigenvalue weighted by Gasteiger charge is -2.38. The number of aryl methyl sites for hydroxylation is 1. The topological polar surface area (TPSA) is 325 Å². The number of nitrogens with two attached hydrogens (primary N) is 1. The van der Waals surface area contributed by atoms with Crippen LogP contribution in [0.2, 0.25) is 0 Å². The first-order valence-electron chi connectivity index (χ1n) is 15.9. The second kappa shape index (κ2) is 16.4. The number of aliphatic hydroxyl groups excluding tert-OH is 1. The van der Waals surface area contributed by atoms with Crippen molar-refractivity contribution in [3.63, 3.8) is 0 Å². The number of carbonyl (C=O) groups is 3. The summed E-state index contributed by atoms with van der Waals surface area (Å²) >= 11 is 0. The fourth-order valence-corrected chi connectivity index (χ4v) is 6.30. The van der Waals surface area contributed by atoms with Crippen molar-refractivity contribution >= 4 is 43.8 Å². The van der Waals surface area contributed by atoms with Crippen LogP contribution >= 0.6 is 8.60 Å². The lowest BCUT2D eigenvalue weighted by atomic mass is 9.99. The molecule has 0 aliphatic carbocycles. The fourth-order valence-electron chi connectivity index (χ4n) is 6.02. The van der Waals surface area contributed by atoms with E-state index in [1.54, 1.807) is 17.0 Å². The molecule has 1 amide bonds. The maximum absolute atomic E-state index is 13.2. The number of rotatable bonds is 15. The van der Waals surface area contributed by atoms with E-state index in [1.807, 2.05) is 0 Å². The number of hydrogen-bond donors (Lipinski definition) is 10. The van der Waals surface area contributed by atoms with Gasteiger partial charge in [-0.2, -0.15) is 0 Å². The molecule has 4 heterocycles. The van der Waals surface area contributed by atoms with Crippen LogP contribution < -0.4 is 38.1 Å². The molecule has 1 aromatic carbocycles. The Morgan fingerprint density at radius 1 is 1.12 bits per heavy atom. The molecule has 2 aliphatic rings. The standard InChI is InChI=1S/C30H37N8O13P/c31-29-34-18-6-5-17(10-32-16-3-1-14(2-4-16)25(42)33-19(28(45)46)7-8-23(40)41)37(24(18)27(44)35-29)11-15-12-38(30(47)36-26(15)43)22-9-20(39)21(51-22)13-50-52(48)49/h1-4,12,17,19-22,32,39,48-49H,5-11,13H2,(H,33,42)(H,40,41)(H,45,46)(H,36,43,47)(H3,31,34,35,44)/t17?,19?,20-,21+,22+/m0/s1. The molecule has 280 valence electrons. The van der Waals surface area contributed by atoms with Crippen molar-refractivity contribution in [2.75, 3.05) is 29.1 Å². The van der Waals surface area contributed by atoms with Crippen molar-refractivity contribution in [2.45, 2.75) is 69.2 Å². The number of aliphatic hydroxyl groups is 1. The van der Waals surface area contributed by atoms with E-state index in [1.165, 1.54) is 18.3 Å². The van der Waals surface area contributed by atoms with E-state index in [0.717, 1.165) is 4.57 Å². The van der Waals surface area contributed by atoms with Gasteiger partial charge in [0.05, 0.1) is 30.5 Å². The number of benzene rings is 1. The summed E-state index contributed by atoms with van der Waals surface area (Å²) < 4.78 is 11.6. The van der Waals surface area contributed by atoms with Gasteiger partial charge in [0.1, 0.15) is 24.1 Å². The number of carbonyl (C=O) groups excluding carboxylic acids is 1. The molecular weight excluding hydrogens is 711 g/mol. The monoisotopic (exact) mass is 748 g/mol. The fraction of sp³-hybridized carbons (Fsp3) is 0.433. The van der Waals surface area contributed by atoms with Crippen LogP contribution in [0.25, 0.3) is 0 Å². The van der Waals surface area contributed by atoms with E-state index in [2.05, 4.69) is 25.6 Å². The van der Waals surface area contributed by atoms with Crippen molar-refractivity contribution in [2.24, 2.45) is 0 Å². The van der Waals surface area contributed by atoms with Crippen LogP contribution in [0.4, 0.5) is 17.3 Å². The number of hydrogen-bond acceptors (Lipinski definition) is 15. The Hall–Kier alpha value is -5.18. The van der Waals surface area contributed by atoms with Crippen LogP contribution in [0.1, 0.15) is 53.5 Å². The minimum atomic E-state index is -2.70. The Bertz CT molecular complexity index is 1970. The third kappa shape index (κ3) is 9.18. The molecule has 0 saturated carbocycles. The number of nitrogens with zero attached hydrogens (tertiary/aromatic N) is 3. The molecular formula is C30H37N8O13P. The van der Waals surface area contributed by atoms with Gasteiger partial charge in [0.2, 0.25) is 5.95 Å². The van der Waals surface area contributed by atoms with Crippen LogP contribution in [0.5, 0.6) is 0 Å². The first-order valence-corrected chi connectivity index (χ1v) is 17.1. The van der Waals surface area contributed by atoms with Crippen molar-refractivity contribution < 1.29 is 48.8 Å². The Morgan fingerprint density at radius 2 is 1.85 bits per heavy atom. The van der Waals surface area contributed by atoms with Crippen LogP contribution in [0.3, 0.4) is 0 Å². The van der Waals surface area contributed by atoms with E-state index >= 15 is 0 Å². The molecule has 1 fully saturated rings. The largest absolute Gasteiger partial charge is 0.481 e. The van der Waals surface area contributed by atoms with Crippen LogP contribution in [-0.2, 0) is 31.8 Å². The molecule has 0 spiro atoms. The predicted octanol–water partition coefficient (Wildman–Crippen LogP) is -1.44. The number of fused-ring (bicyclic) bond motifs is 1. The predicted molar refractivity (Wildman–Crippen MR) is 181 cm³/mol. The SMILES string of the molecule is Nc1nc2c(c(=O)[nH]1)N(Cc1cn([C@H]3C[C@H](O)[C@@H](COP(O)O)O3)c(=O)[nH]c1=O)C(CNc1ccc(C(=O)NC(CCC(=O)O)C(=O)O)cc1)CC2. The van der Waals surface area contributed by atoms with E-state index in [-0.39, 0.29) is 55.3 Å². The highest BCUT2D eigenvalue weighted by molar-refractivity contribution is 7.39. The van der Waals surface area contributed by atoms with E-state index in [9.17, 15) is 39.0 Å². The van der Waals surface area contributed by atoms with Crippen molar-refractivity contribution in [3.05, 3.63) is 78.5 Å². The molecule has 2 aliphatic heterocycles. The van der Waals surface area contributed by atoms with Gasteiger partial charge in [-0.15, -0.1) is 0 Å². The number of ether oxygens (including phenoxy) is 1. The average Bonchev–Trinajstić information content (AvgIpc) is 3.45. The maximum atomic E-state index is 13.2. The molecule has 3 aromatic rings. The highest BCUT2D eigenvalue weighted by atomic mass is 31.2. The third-order valence-electron chi connectivity index (χ3n) is 8.62. The van der Waals surface area contributed by atoms with Crippen molar-refractivity contribution in [1.29, 1.82) is 0 Å². The summed E-state index contributed by atoms with van der Waals surface area (Å²) in [7, 11) is -2.70. The van der Waals surface area contributed by atoms with Crippen LogP contribution in [-0.4, -0.2) is 99.9 Å². The van der Waals surface area contributed by atoms with Crippen LogP contribution in [0.15, 0.2) is 44.8 Å². The molecule has 0 bridgehead atoms. The summed E-state index contributed by atoms with van der Waals surface area (Å²) in [6.07, 6.45) is -1.83. The zero-order valence-corrected chi connectivity index (χ0v) is 28.2. The quantitative estimate of drug-likeness (QED) is 0.0796. The second-order valence-corrected chi connectivity index (χ2v) is 12.9. The zero-order valence-electron chi connectivity index (χ0n) is 27.3. The summed E-state index contributed by atoms with van der Waals surface area (Å²) in [5.74, 6) is -3.35. The number of nitrogen functional groups attached to an aromatic ring is 1. The maximum Gasteiger partial charge on any atom is 0.330 e. The number of amides is 1. The summed E-state index contributed by atoms with van der Waals surface area (Å²) in [6.45, 7) is -0.299. The Balaban J connectivity index is 1.34. The molecule has 11 N–H and O–H groups in total. The highest BCUT2D eigenvalue weighted by Gasteiger charge is 2.37. The molecule has 2 aromatic heterocycles.